The first-order chi connectivity index (χ1) is 9.40. The number of amides is 1. The summed E-state index contributed by atoms with van der Waals surface area (Å²) in [5.41, 5.74) is 6.62. The Morgan fingerprint density at radius 3 is 2.33 bits per heavy atom. The van der Waals surface area contributed by atoms with Crippen LogP contribution >= 0.6 is 12.4 Å². The van der Waals surface area contributed by atoms with Gasteiger partial charge in [0.2, 0.25) is 5.91 Å². The van der Waals surface area contributed by atoms with Crippen molar-refractivity contribution in [1.29, 1.82) is 0 Å². The van der Waals surface area contributed by atoms with Crippen LogP contribution in [0.25, 0.3) is 0 Å². The van der Waals surface area contributed by atoms with Crippen molar-refractivity contribution in [3.05, 3.63) is 29.8 Å². The van der Waals surface area contributed by atoms with E-state index in [1.54, 1.807) is 7.11 Å². The predicted octanol–water partition coefficient (Wildman–Crippen LogP) is 1.48. The smallest absolute Gasteiger partial charge is 0.239 e. The highest BCUT2D eigenvalue weighted by atomic mass is 35.5. The molecule has 0 saturated heterocycles. The molecule has 0 radical (unpaired) electrons. The van der Waals surface area contributed by atoms with Crippen LogP contribution in [0.4, 0.5) is 0 Å². The molecule has 1 unspecified atom stereocenters. The Hall–Kier alpha value is -1.30. The van der Waals surface area contributed by atoms with Crippen molar-refractivity contribution in [2.24, 2.45) is 5.73 Å². The molecule has 21 heavy (non-hydrogen) atoms. The van der Waals surface area contributed by atoms with E-state index < -0.39 is 6.04 Å². The predicted molar refractivity (Wildman–Crippen MR) is 86.1 cm³/mol. The van der Waals surface area contributed by atoms with Crippen LogP contribution in [0.5, 0.6) is 5.75 Å². The van der Waals surface area contributed by atoms with Crippen molar-refractivity contribution in [2.75, 3.05) is 27.4 Å². The van der Waals surface area contributed by atoms with Crippen molar-refractivity contribution in [3.63, 3.8) is 0 Å². The summed E-state index contributed by atoms with van der Waals surface area (Å²) in [6.07, 6.45) is 0. The van der Waals surface area contributed by atoms with Gasteiger partial charge in [-0.05, 0) is 17.7 Å². The Balaban J connectivity index is 0.00000400. The second kappa shape index (κ2) is 8.87. The van der Waals surface area contributed by atoms with E-state index in [-0.39, 0.29) is 30.3 Å². The van der Waals surface area contributed by atoms with Gasteiger partial charge >= 0.3 is 0 Å². The number of methoxy groups -OCH3 is 2. The molecule has 5 nitrogen and oxygen atoms in total. The molecule has 0 aliphatic rings. The van der Waals surface area contributed by atoms with Crippen LogP contribution in [-0.2, 0) is 14.9 Å². The van der Waals surface area contributed by atoms with E-state index in [2.05, 4.69) is 19.2 Å². The van der Waals surface area contributed by atoms with Crippen LogP contribution in [0, 0.1) is 0 Å². The molecule has 120 valence electrons. The van der Waals surface area contributed by atoms with E-state index >= 15 is 0 Å². The number of nitrogens with one attached hydrogen (secondary N) is 1. The Bertz CT molecular complexity index is 435. The number of ether oxygens (including phenoxy) is 2. The fourth-order valence-corrected chi connectivity index (χ4v) is 1.84. The van der Waals surface area contributed by atoms with Crippen LogP contribution in [0.15, 0.2) is 24.3 Å². The lowest BCUT2D eigenvalue weighted by molar-refractivity contribution is -0.123. The molecule has 0 bridgehead atoms. The number of carbonyl (C=O) groups excluding carboxylic acids is 1. The van der Waals surface area contributed by atoms with Gasteiger partial charge in [-0.1, -0.05) is 26.0 Å². The number of halogens is 1. The third-order valence-corrected chi connectivity index (χ3v) is 3.26. The summed E-state index contributed by atoms with van der Waals surface area (Å²) in [6, 6.07) is 7.19. The number of nitrogens with two attached hydrogens (primary N) is 1. The third kappa shape index (κ3) is 5.91. The molecule has 3 N–H and O–H groups in total. The summed E-state index contributed by atoms with van der Waals surface area (Å²) in [5, 5.41) is 2.86. The maximum absolute atomic E-state index is 11.8. The molecular weight excluding hydrogens is 292 g/mol. The Kier molecular flexibility index (Phi) is 8.32. The molecule has 0 aliphatic carbocycles. The number of hydrogen-bond donors (Lipinski definition) is 2. The normalized spacial score (nSPS) is 12.2. The van der Waals surface area contributed by atoms with Crippen molar-refractivity contribution >= 4 is 18.3 Å². The number of hydrogen-bond acceptors (Lipinski definition) is 4. The number of carbonyl (C=O) groups is 1. The topological polar surface area (TPSA) is 73.6 Å². The molecule has 1 amide bonds. The van der Waals surface area contributed by atoms with Crippen LogP contribution in [-0.4, -0.2) is 39.3 Å². The van der Waals surface area contributed by atoms with E-state index in [1.165, 1.54) is 7.11 Å². The average Bonchev–Trinajstić information content (AvgIpc) is 2.45. The minimum absolute atomic E-state index is 0. The van der Waals surface area contributed by atoms with Crippen molar-refractivity contribution in [1.82, 2.24) is 5.32 Å². The molecule has 6 heteroatoms. The first kappa shape index (κ1) is 19.7. The summed E-state index contributed by atoms with van der Waals surface area (Å²) in [5.74, 6) is 0.615. The van der Waals surface area contributed by atoms with Gasteiger partial charge in [0, 0.05) is 19.1 Å². The van der Waals surface area contributed by atoms with Gasteiger partial charge in [-0.3, -0.25) is 4.79 Å². The van der Waals surface area contributed by atoms with Crippen LogP contribution in [0.3, 0.4) is 0 Å². The van der Waals surface area contributed by atoms with Crippen molar-refractivity contribution in [3.8, 4) is 5.75 Å². The molecular formula is C15H25ClN2O3. The second-order valence-corrected chi connectivity index (χ2v) is 5.39. The zero-order valence-corrected chi connectivity index (χ0v) is 13.8. The summed E-state index contributed by atoms with van der Waals surface area (Å²) >= 11 is 0. The largest absolute Gasteiger partial charge is 0.497 e. The minimum atomic E-state index is -0.633. The van der Waals surface area contributed by atoms with Crippen LogP contribution in [0.2, 0.25) is 0 Å². The minimum Gasteiger partial charge on any atom is -0.497 e. The maximum atomic E-state index is 11.8. The summed E-state index contributed by atoms with van der Waals surface area (Å²) < 4.78 is 10.0. The summed E-state index contributed by atoms with van der Waals surface area (Å²) in [4.78, 5) is 11.8. The average molecular weight is 317 g/mol. The molecule has 1 atom stereocenters. The van der Waals surface area contributed by atoms with Gasteiger partial charge in [-0.2, -0.15) is 0 Å². The van der Waals surface area contributed by atoms with Crippen molar-refractivity contribution in [2.45, 2.75) is 25.3 Å². The molecule has 1 aromatic carbocycles. The Morgan fingerprint density at radius 2 is 1.86 bits per heavy atom. The van der Waals surface area contributed by atoms with E-state index in [0.717, 1.165) is 11.3 Å². The van der Waals surface area contributed by atoms with Gasteiger partial charge in [0.25, 0.3) is 0 Å². The monoisotopic (exact) mass is 316 g/mol. The molecule has 1 aromatic rings. The highest BCUT2D eigenvalue weighted by Gasteiger charge is 2.23. The summed E-state index contributed by atoms with van der Waals surface area (Å²) in [7, 11) is 3.16. The fraction of sp³-hybridized carbons (Fsp3) is 0.533. The van der Waals surface area contributed by atoms with E-state index in [4.69, 9.17) is 15.2 Å². The second-order valence-electron chi connectivity index (χ2n) is 5.39. The molecule has 0 heterocycles. The first-order valence-electron chi connectivity index (χ1n) is 6.57. The van der Waals surface area contributed by atoms with Crippen LogP contribution in [0.1, 0.15) is 19.4 Å². The number of benzene rings is 1. The molecule has 0 spiro atoms. The van der Waals surface area contributed by atoms with Gasteiger partial charge < -0.3 is 20.5 Å². The SMILES string of the molecule is COCC(N)C(=O)NCC(C)(C)c1ccc(OC)cc1.Cl. The molecule has 0 aliphatic heterocycles. The first-order valence-corrected chi connectivity index (χ1v) is 6.57. The Labute approximate surface area is 132 Å². The third-order valence-electron chi connectivity index (χ3n) is 3.26. The highest BCUT2D eigenvalue weighted by Crippen LogP contribution is 2.24. The highest BCUT2D eigenvalue weighted by molar-refractivity contribution is 5.85. The van der Waals surface area contributed by atoms with Gasteiger partial charge in [0.05, 0.1) is 13.7 Å². The van der Waals surface area contributed by atoms with Gasteiger partial charge in [0.1, 0.15) is 11.8 Å². The quantitative estimate of drug-likeness (QED) is 0.799. The van der Waals surface area contributed by atoms with E-state index in [1.807, 2.05) is 24.3 Å². The van der Waals surface area contributed by atoms with E-state index in [0.29, 0.717) is 6.54 Å². The van der Waals surface area contributed by atoms with Gasteiger partial charge in [0.15, 0.2) is 0 Å². The summed E-state index contributed by atoms with van der Waals surface area (Å²) in [6.45, 7) is 4.86. The van der Waals surface area contributed by atoms with Crippen molar-refractivity contribution < 1.29 is 14.3 Å². The molecule has 1 rings (SSSR count). The van der Waals surface area contributed by atoms with Crippen LogP contribution < -0.4 is 15.8 Å². The molecule has 0 fully saturated rings. The zero-order chi connectivity index (χ0) is 15.2. The maximum Gasteiger partial charge on any atom is 0.239 e. The zero-order valence-electron chi connectivity index (χ0n) is 13.0. The lowest BCUT2D eigenvalue weighted by atomic mass is 9.84. The van der Waals surface area contributed by atoms with Gasteiger partial charge in [-0.15, -0.1) is 12.4 Å². The standard InChI is InChI=1S/C15H24N2O3.ClH/c1-15(2,10-17-14(18)13(16)9-19-3)11-5-7-12(20-4)8-6-11;/h5-8,13H,9-10,16H2,1-4H3,(H,17,18);1H. The fourth-order valence-electron chi connectivity index (χ4n) is 1.84. The lowest BCUT2D eigenvalue weighted by Gasteiger charge is -2.26. The molecule has 0 saturated carbocycles. The van der Waals surface area contributed by atoms with E-state index in [9.17, 15) is 4.79 Å². The number of rotatable bonds is 7. The van der Waals surface area contributed by atoms with Gasteiger partial charge in [-0.25, -0.2) is 0 Å². The Morgan fingerprint density at radius 1 is 1.29 bits per heavy atom. The lowest BCUT2D eigenvalue weighted by Crippen LogP contribution is -2.47. The molecule has 0 aromatic heterocycles.